The smallest absolute Gasteiger partial charge is 0.264 e. The minimum atomic E-state index is -0.00378. The standard InChI is InChI=1S/C13H16N2O2/c1-15-11-3-2-8(9-4-10(14)5-9)6-12(11)17-7-13(15)16/h2-3,6,9-10H,4-5,7,14H2,1H3. The number of carbonyl (C=O) groups excluding carboxylic acids is 1. The van der Waals surface area contributed by atoms with E-state index in [9.17, 15) is 4.79 Å². The number of nitrogens with zero attached hydrogens (tertiary/aromatic N) is 1. The Hall–Kier alpha value is -1.55. The van der Waals surface area contributed by atoms with Gasteiger partial charge in [0.25, 0.3) is 5.91 Å². The predicted molar refractivity (Wildman–Crippen MR) is 65.3 cm³/mol. The summed E-state index contributed by atoms with van der Waals surface area (Å²) < 4.78 is 5.47. The Kier molecular flexibility index (Phi) is 2.33. The molecule has 2 N–H and O–H groups in total. The van der Waals surface area contributed by atoms with Crippen LogP contribution in [0.25, 0.3) is 0 Å². The second-order valence-corrected chi connectivity index (χ2v) is 4.90. The maximum Gasteiger partial charge on any atom is 0.264 e. The first-order chi connectivity index (χ1) is 8.15. The molecule has 4 heteroatoms. The Morgan fingerprint density at radius 1 is 1.41 bits per heavy atom. The lowest BCUT2D eigenvalue weighted by molar-refractivity contribution is -0.120. The van der Waals surface area contributed by atoms with Crippen LogP contribution < -0.4 is 15.4 Å². The van der Waals surface area contributed by atoms with Gasteiger partial charge in [0, 0.05) is 13.1 Å². The van der Waals surface area contributed by atoms with Crippen LogP contribution in [0.15, 0.2) is 18.2 Å². The monoisotopic (exact) mass is 232 g/mol. The molecule has 0 unspecified atom stereocenters. The summed E-state index contributed by atoms with van der Waals surface area (Å²) in [7, 11) is 1.78. The normalized spacial score (nSPS) is 27.2. The van der Waals surface area contributed by atoms with Crippen LogP contribution in [0, 0.1) is 0 Å². The number of fused-ring (bicyclic) bond motifs is 1. The van der Waals surface area contributed by atoms with Crippen LogP contribution >= 0.6 is 0 Å². The maximum atomic E-state index is 11.5. The number of anilines is 1. The number of benzene rings is 1. The van der Waals surface area contributed by atoms with E-state index in [1.54, 1.807) is 11.9 Å². The summed E-state index contributed by atoms with van der Waals surface area (Å²) in [6.45, 7) is 0.136. The van der Waals surface area contributed by atoms with Gasteiger partial charge in [0.2, 0.25) is 0 Å². The van der Waals surface area contributed by atoms with Crippen LogP contribution in [0.3, 0.4) is 0 Å². The Morgan fingerprint density at radius 3 is 2.88 bits per heavy atom. The Labute approximate surface area is 100 Å². The van der Waals surface area contributed by atoms with E-state index in [0.717, 1.165) is 24.3 Å². The molecule has 1 aliphatic carbocycles. The number of rotatable bonds is 1. The number of nitrogens with two attached hydrogens (primary N) is 1. The number of ether oxygens (including phenoxy) is 1. The van der Waals surface area contributed by atoms with E-state index in [1.165, 1.54) is 5.56 Å². The molecule has 0 bridgehead atoms. The van der Waals surface area contributed by atoms with Crippen molar-refractivity contribution in [1.82, 2.24) is 0 Å². The molecule has 2 aliphatic rings. The van der Waals surface area contributed by atoms with Gasteiger partial charge in [-0.1, -0.05) is 6.07 Å². The zero-order chi connectivity index (χ0) is 12.0. The topological polar surface area (TPSA) is 55.6 Å². The SMILES string of the molecule is CN1C(=O)COc2cc(C3CC(N)C3)ccc21. The van der Waals surface area contributed by atoms with E-state index in [4.69, 9.17) is 10.5 Å². The van der Waals surface area contributed by atoms with Crippen molar-refractivity contribution in [3.8, 4) is 5.75 Å². The first-order valence-electron chi connectivity index (χ1n) is 5.94. The number of hydrogen-bond acceptors (Lipinski definition) is 3. The molecule has 90 valence electrons. The van der Waals surface area contributed by atoms with Crippen molar-refractivity contribution in [3.63, 3.8) is 0 Å². The Bertz CT molecular complexity index is 466. The third-order valence-corrected chi connectivity index (χ3v) is 3.72. The summed E-state index contributed by atoms with van der Waals surface area (Å²) in [4.78, 5) is 13.1. The third kappa shape index (κ3) is 1.69. The van der Waals surface area contributed by atoms with Crippen molar-refractivity contribution in [2.75, 3.05) is 18.6 Å². The van der Waals surface area contributed by atoms with Crippen molar-refractivity contribution >= 4 is 11.6 Å². The lowest BCUT2D eigenvalue weighted by atomic mass is 9.76. The molecule has 0 saturated heterocycles. The number of amides is 1. The van der Waals surface area contributed by atoms with Gasteiger partial charge < -0.3 is 15.4 Å². The van der Waals surface area contributed by atoms with Crippen molar-refractivity contribution in [1.29, 1.82) is 0 Å². The number of hydrogen-bond donors (Lipinski definition) is 1. The van der Waals surface area contributed by atoms with Gasteiger partial charge in [-0.25, -0.2) is 0 Å². The second-order valence-electron chi connectivity index (χ2n) is 4.90. The number of carbonyl (C=O) groups is 1. The fourth-order valence-corrected chi connectivity index (χ4v) is 2.48. The molecule has 4 nitrogen and oxygen atoms in total. The van der Waals surface area contributed by atoms with Gasteiger partial charge in [-0.3, -0.25) is 4.79 Å². The third-order valence-electron chi connectivity index (χ3n) is 3.72. The largest absolute Gasteiger partial charge is 0.482 e. The van der Waals surface area contributed by atoms with Gasteiger partial charge in [-0.15, -0.1) is 0 Å². The van der Waals surface area contributed by atoms with Gasteiger partial charge in [-0.2, -0.15) is 0 Å². The minimum Gasteiger partial charge on any atom is -0.482 e. The molecule has 0 spiro atoms. The highest BCUT2D eigenvalue weighted by Crippen LogP contribution is 2.40. The number of likely N-dealkylation sites (N-methyl/N-ethyl adjacent to an activating group) is 1. The van der Waals surface area contributed by atoms with E-state index in [-0.39, 0.29) is 12.5 Å². The average molecular weight is 232 g/mol. The van der Waals surface area contributed by atoms with E-state index in [1.807, 2.05) is 6.07 Å². The van der Waals surface area contributed by atoms with Crippen molar-refractivity contribution in [2.45, 2.75) is 24.8 Å². The highest BCUT2D eigenvalue weighted by molar-refractivity contribution is 5.97. The first kappa shape index (κ1) is 10.6. The summed E-state index contributed by atoms with van der Waals surface area (Å²) in [5.41, 5.74) is 7.93. The van der Waals surface area contributed by atoms with E-state index in [2.05, 4.69) is 12.1 Å². The van der Waals surface area contributed by atoms with Crippen LogP contribution in [-0.2, 0) is 4.79 Å². The van der Waals surface area contributed by atoms with Crippen molar-refractivity contribution < 1.29 is 9.53 Å². The second kappa shape index (κ2) is 3.74. The van der Waals surface area contributed by atoms with Crippen LogP contribution in [0.4, 0.5) is 5.69 Å². The lowest BCUT2D eigenvalue weighted by Gasteiger charge is -2.34. The van der Waals surface area contributed by atoms with Crippen LogP contribution in [0.5, 0.6) is 5.75 Å². The van der Waals surface area contributed by atoms with Gasteiger partial charge in [0.05, 0.1) is 5.69 Å². The Balaban J connectivity index is 1.89. The molecule has 0 radical (unpaired) electrons. The van der Waals surface area contributed by atoms with E-state index in [0.29, 0.717) is 12.0 Å². The summed E-state index contributed by atoms with van der Waals surface area (Å²) in [5, 5.41) is 0. The first-order valence-corrected chi connectivity index (χ1v) is 5.94. The molecular formula is C13H16N2O2. The van der Waals surface area contributed by atoms with Crippen molar-refractivity contribution in [2.24, 2.45) is 5.73 Å². The molecule has 1 aromatic carbocycles. The summed E-state index contributed by atoms with van der Waals surface area (Å²) >= 11 is 0. The molecule has 0 aromatic heterocycles. The highest BCUT2D eigenvalue weighted by Gasteiger charge is 2.29. The molecule has 1 fully saturated rings. The Morgan fingerprint density at radius 2 is 2.18 bits per heavy atom. The quantitative estimate of drug-likeness (QED) is 0.792. The molecule has 1 aromatic rings. The molecule has 1 amide bonds. The van der Waals surface area contributed by atoms with E-state index < -0.39 is 0 Å². The van der Waals surface area contributed by atoms with E-state index >= 15 is 0 Å². The molecule has 3 rings (SSSR count). The lowest BCUT2D eigenvalue weighted by Crippen LogP contribution is -2.36. The zero-order valence-electron chi connectivity index (χ0n) is 9.85. The fourth-order valence-electron chi connectivity index (χ4n) is 2.48. The summed E-state index contributed by atoms with van der Waals surface area (Å²) in [5.74, 6) is 1.36. The average Bonchev–Trinajstić information content (AvgIpc) is 2.30. The van der Waals surface area contributed by atoms with Crippen molar-refractivity contribution in [3.05, 3.63) is 23.8 Å². The minimum absolute atomic E-state index is 0.00378. The predicted octanol–water partition coefficient (Wildman–Crippen LogP) is 1.25. The van der Waals surface area contributed by atoms with Crippen LogP contribution in [0.1, 0.15) is 24.3 Å². The highest BCUT2D eigenvalue weighted by atomic mass is 16.5. The molecule has 1 saturated carbocycles. The van der Waals surface area contributed by atoms with Gasteiger partial charge in [0.1, 0.15) is 5.75 Å². The summed E-state index contributed by atoms with van der Waals surface area (Å²) in [6.07, 6.45) is 2.10. The van der Waals surface area contributed by atoms with Gasteiger partial charge >= 0.3 is 0 Å². The van der Waals surface area contributed by atoms with Gasteiger partial charge in [0.15, 0.2) is 6.61 Å². The van der Waals surface area contributed by atoms with Crippen LogP contribution in [0.2, 0.25) is 0 Å². The zero-order valence-corrected chi connectivity index (χ0v) is 9.85. The molecule has 1 heterocycles. The molecule has 0 atom stereocenters. The molecule has 1 aliphatic heterocycles. The summed E-state index contributed by atoms with van der Waals surface area (Å²) in [6, 6.07) is 6.44. The maximum absolute atomic E-state index is 11.5. The van der Waals surface area contributed by atoms with Gasteiger partial charge in [-0.05, 0) is 36.5 Å². The molecule has 17 heavy (non-hydrogen) atoms. The molecular weight excluding hydrogens is 216 g/mol. The fraction of sp³-hybridized carbons (Fsp3) is 0.462. The van der Waals surface area contributed by atoms with Crippen LogP contribution in [-0.4, -0.2) is 25.6 Å².